The van der Waals surface area contributed by atoms with Gasteiger partial charge in [-0.05, 0) is 77.4 Å². The van der Waals surface area contributed by atoms with Gasteiger partial charge in [-0.15, -0.1) is 0 Å². The molecule has 0 spiro atoms. The van der Waals surface area contributed by atoms with Crippen LogP contribution in [0.3, 0.4) is 0 Å². The van der Waals surface area contributed by atoms with Crippen molar-refractivity contribution in [2.45, 2.75) is 6.92 Å². The number of nitrogens with zero attached hydrogens (tertiary/aromatic N) is 2. The number of anilines is 6. The molecule has 41 heavy (non-hydrogen) atoms. The van der Waals surface area contributed by atoms with E-state index < -0.39 is 0 Å². The van der Waals surface area contributed by atoms with Crippen molar-refractivity contribution in [3.8, 4) is 0 Å². The number of furan rings is 1. The first-order valence-electron chi connectivity index (χ1n) is 14.2. The van der Waals surface area contributed by atoms with Gasteiger partial charge >= 0.3 is 0 Å². The normalized spacial score (nSPS) is 13.3. The number of fused-ring (bicyclic) bond motifs is 7. The third-order valence-electron chi connectivity index (χ3n) is 8.67. The molecule has 7 aromatic rings. The Morgan fingerprint density at radius 2 is 1.10 bits per heavy atom. The number of hydrogen-bond acceptors (Lipinski definition) is 3. The first-order chi connectivity index (χ1) is 20.3. The number of benzene rings is 6. The van der Waals surface area contributed by atoms with Crippen LogP contribution in [-0.2, 0) is 0 Å². The van der Waals surface area contributed by atoms with Crippen LogP contribution in [0.1, 0.15) is 5.56 Å². The highest BCUT2D eigenvalue weighted by molar-refractivity contribution is 7.00. The largest absolute Gasteiger partial charge is 0.454 e. The Balaban J connectivity index is 1.40. The van der Waals surface area contributed by atoms with Gasteiger partial charge in [0.1, 0.15) is 5.58 Å². The lowest BCUT2D eigenvalue weighted by atomic mass is 9.33. The molecular weight excluding hydrogens is 499 g/mol. The maximum absolute atomic E-state index is 6.59. The topological polar surface area (TPSA) is 19.6 Å². The predicted molar refractivity (Wildman–Crippen MR) is 172 cm³/mol. The van der Waals surface area contributed by atoms with E-state index in [1.165, 1.54) is 44.7 Å². The number of para-hydroxylation sites is 5. The zero-order chi connectivity index (χ0) is 27.1. The fourth-order valence-corrected chi connectivity index (χ4v) is 7.06. The minimum Gasteiger partial charge on any atom is -0.454 e. The van der Waals surface area contributed by atoms with Gasteiger partial charge in [-0.2, -0.15) is 0 Å². The highest BCUT2D eigenvalue weighted by Crippen LogP contribution is 2.46. The molecule has 0 radical (unpaired) electrons. The fourth-order valence-electron chi connectivity index (χ4n) is 7.06. The lowest BCUT2D eigenvalue weighted by molar-refractivity contribution is 0.669. The standard InChI is InChI=1S/C37H25BN2O/c1-24-22-33-36-34(23-24)40(32-20-11-15-27-26-14-5-10-21-35(26)41-37(27)32)31-19-9-7-17-29(31)38(36)28-16-6-8-18-30(28)39(33)25-12-3-2-4-13-25/h2-23H,1H3. The lowest BCUT2D eigenvalue weighted by Crippen LogP contribution is -2.61. The molecule has 0 aliphatic carbocycles. The van der Waals surface area contributed by atoms with Crippen molar-refractivity contribution in [2.75, 3.05) is 9.80 Å². The van der Waals surface area contributed by atoms with Crippen molar-refractivity contribution >= 4 is 79.2 Å². The summed E-state index contributed by atoms with van der Waals surface area (Å²) in [6.45, 7) is 2.33. The SMILES string of the molecule is Cc1cc2c3c(c1)N(c1cccc4c1oc1ccccc14)c1ccccc1B3c1ccccc1N2c1ccccc1. The zero-order valence-corrected chi connectivity index (χ0v) is 22.6. The predicted octanol–water partition coefficient (Wildman–Crippen LogP) is 7.98. The second kappa shape index (κ2) is 8.39. The quantitative estimate of drug-likeness (QED) is 0.214. The summed E-state index contributed by atoms with van der Waals surface area (Å²) < 4.78 is 6.59. The highest BCUT2D eigenvalue weighted by Gasteiger charge is 2.43. The average Bonchev–Trinajstić information content (AvgIpc) is 3.40. The second-order valence-electron chi connectivity index (χ2n) is 11.0. The summed E-state index contributed by atoms with van der Waals surface area (Å²) in [4.78, 5) is 4.87. The van der Waals surface area contributed by atoms with Crippen LogP contribution in [-0.4, -0.2) is 6.71 Å². The van der Waals surface area contributed by atoms with Gasteiger partial charge in [0, 0.05) is 39.2 Å². The van der Waals surface area contributed by atoms with Gasteiger partial charge in [0.2, 0.25) is 0 Å². The molecule has 0 atom stereocenters. The third kappa shape index (κ3) is 3.10. The monoisotopic (exact) mass is 524 g/mol. The molecule has 192 valence electrons. The van der Waals surface area contributed by atoms with Crippen molar-refractivity contribution in [1.29, 1.82) is 0 Å². The summed E-state index contributed by atoms with van der Waals surface area (Å²) in [5.74, 6) is 0. The van der Waals surface area contributed by atoms with E-state index in [1.807, 2.05) is 6.07 Å². The van der Waals surface area contributed by atoms with Crippen LogP contribution in [0.5, 0.6) is 0 Å². The molecule has 0 amide bonds. The van der Waals surface area contributed by atoms with Gasteiger partial charge in [-0.3, -0.25) is 0 Å². The van der Waals surface area contributed by atoms with E-state index in [0.717, 1.165) is 33.3 Å². The Bertz CT molecular complexity index is 2150. The van der Waals surface area contributed by atoms with E-state index in [9.17, 15) is 0 Å². The van der Waals surface area contributed by atoms with Crippen LogP contribution in [0.2, 0.25) is 0 Å². The Morgan fingerprint density at radius 1 is 0.512 bits per heavy atom. The van der Waals surface area contributed by atoms with E-state index in [4.69, 9.17) is 4.42 Å². The maximum Gasteiger partial charge on any atom is 0.252 e. The second-order valence-corrected chi connectivity index (χ2v) is 11.0. The van der Waals surface area contributed by atoms with Gasteiger partial charge in [0.25, 0.3) is 6.71 Å². The molecule has 0 N–H and O–H groups in total. The Hall–Kier alpha value is -5.22. The van der Waals surface area contributed by atoms with Crippen molar-refractivity contribution in [2.24, 2.45) is 0 Å². The average molecular weight is 524 g/mol. The highest BCUT2D eigenvalue weighted by atomic mass is 16.3. The molecule has 0 bridgehead atoms. The van der Waals surface area contributed by atoms with Crippen LogP contribution >= 0.6 is 0 Å². The zero-order valence-electron chi connectivity index (χ0n) is 22.6. The molecule has 0 saturated carbocycles. The lowest BCUT2D eigenvalue weighted by Gasteiger charge is -2.44. The Labute approximate surface area is 239 Å². The maximum atomic E-state index is 6.59. The minimum absolute atomic E-state index is 0.124. The fraction of sp³-hybridized carbons (Fsp3) is 0.0270. The van der Waals surface area contributed by atoms with E-state index in [1.54, 1.807) is 0 Å². The number of rotatable bonds is 2. The van der Waals surface area contributed by atoms with Gasteiger partial charge in [-0.25, -0.2) is 0 Å². The molecule has 6 aromatic carbocycles. The summed E-state index contributed by atoms with van der Waals surface area (Å²) in [7, 11) is 0. The van der Waals surface area contributed by atoms with Crippen molar-refractivity contribution < 1.29 is 4.42 Å². The van der Waals surface area contributed by atoms with E-state index in [0.29, 0.717) is 0 Å². The molecule has 2 aliphatic rings. The molecule has 3 nitrogen and oxygen atoms in total. The minimum atomic E-state index is 0.124. The number of hydrogen-bond donors (Lipinski definition) is 0. The summed E-state index contributed by atoms with van der Waals surface area (Å²) in [5, 5.41) is 2.28. The van der Waals surface area contributed by atoms with E-state index in [2.05, 4.69) is 144 Å². The molecule has 1 aromatic heterocycles. The molecular formula is C37H25BN2O. The van der Waals surface area contributed by atoms with Crippen LogP contribution in [0.4, 0.5) is 34.1 Å². The first kappa shape index (κ1) is 22.6. The summed E-state index contributed by atoms with van der Waals surface area (Å²) in [5.41, 5.74) is 14.1. The van der Waals surface area contributed by atoms with Crippen LogP contribution < -0.4 is 26.2 Å². The van der Waals surface area contributed by atoms with Crippen molar-refractivity contribution in [1.82, 2.24) is 0 Å². The summed E-state index contributed by atoms with van der Waals surface area (Å²) in [6, 6.07) is 48.0. The summed E-state index contributed by atoms with van der Waals surface area (Å²) >= 11 is 0. The Morgan fingerprint density at radius 3 is 1.88 bits per heavy atom. The molecule has 9 rings (SSSR count). The van der Waals surface area contributed by atoms with Crippen molar-refractivity contribution in [3.05, 3.63) is 139 Å². The molecule has 0 fully saturated rings. The number of aryl methyl sites for hydroxylation is 1. The molecule has 0 unspecified atom stereocenters. The molecule has 3 heterocycles. The van der Waals surface area contributed by atoms with Crippen LogP contribution in [0.15, 0.2) is 138 Å². The van der Waals surface area contributed by atoms with Gasteiger partial charge in [-0.1, -0.05) is 84.9 Å². The van der Waals surface area contributed by atoms with Gasteiger partial charge < -0.3 is 14.2 Å². The third-order valence-corrected chi connectivity index (χ3v) is 8.67. The first-order valence-corrected chi connectivity index (χ1v) is 14.2. The van der Waals surface area contributed by atoms with Crippen molar-refractivity contribution in [3.63, 3.8) is 0 Å². The smallest absolute Gasteiger partial charge is 0.252 e. The van der Waals surface area contributed by atoms with Gasteiger partial charge in [0.05, 0.1) is 5.69 Å². The van der Waals surface area contributed by atoms with Crippen LogP contribution in [0, 0.1) is 6.92 Å². The van der Waals surface area contributed by atoms with Gasteiger partial charge in [0.15, 0.2) is 5.58 Å². The van der Waals surface area contributed by atoms with E-state index >= 15 is 0 Å². The molecule has 0 saturated heterocycles. The summed E-state index contributed by atoms with van der Waals surface area (Å²) in [6.07, 6.45) is 0. The van der Waals surface area contributed by atoms with Crippen LogP contribution in [0.25, 0.3) is 21.9 Å². The Kier molecular flexibility index (Phi) is 4.62. The molecule has 2 aliphatic heterocycles. The van der Waals surface area contributed by atoms with E-state index in [-0.39, 0.29) is 6.71 Å². The molecule has 4 heteroatoms.